The van der Waals surface area contributed by atoms with Gasteiger partial charge in [-0.05, 0) is 30.7 Å². The number of benzene rings is 1. The Hall–Kier alpha value is -2.89. The molecule has 0 aliphatic carbocycles. The van der Waals surface area contributed by atoms with Crippen molar-refractivity contribution in [3.63, 3.8) is 0 Å². The summed E-state index contributed by atoms with van der Waals surface area (Å²) in [5.74, 6) is 0.723. The summed E-state index contributed by atoms with van der Waals surface area (Å²) in [6, 6.07) is 11.5. The van der Waals surface area contributed by atoms with Gasteiger partial charge in [0.05, 0.1) is 11.9 Å². The van der Waals surface area contributed by atoms with E-state index in [0.29, 0.717) is 0 Å². The van der Waals surface area contributed by atoms with E-state index in [2.05, 4.69) is 27.6 Å². The van der Waals surface area contributed by atoms with Crippen LogP contribution in [0.2, 0.25) is 0 Å². The van der Waals surface area contributed by atoms with Gasteiger partial charge in [0.15, 0.2) is 5.65 Å². The maximum Gasteiger partial charge on any atom is 0.221 e. The Balaban J connectivity index is 2.00. The van der Waals surface area contributed by atoms with E-state index in [9.17, 15) is 4.79 Å². The zero-order valence-corrected chi connectivity index (χ0v) is 13.2. The highest BCUT2D eigenvalue weighted by Crippen LogP contribution is 2.23. The zero-order chi connectivity index (χ0) is 16.2. The van der Waals surface area contributed by atoms with Gasteiger partial charge in [0.2, 0.25) is 5.91 Å². The highest BCUT2D eigenvalue weighted by atomic mass is 16.1. The summed E-state index contributed by atoms with van der Waals surface area (Å²) in [7, 11) is 0. The van der Waals surface area contributed by atoms with Crippen molar-refractivity contribution in [1.82, 2.24) is 14.6 Å². The van der Waals surface area contributed by atoms with Gasteiger partial charge in [0.25, 0.3) is 0 Å². The van der Waals surface area contributed by atoms with Gasteiger partial charge < -0.3 is 10.6 Å². The molecule has 3 aromatic rings. The molecule has 0 aliphatic rings. The van der Waals surface area contributed by atoms with Gasteiger partial charge in [-0.2, -0.15) is 0 Å². The first-order valence-electron chi connectivity index (χ1n) is 7.64. The van der Waals surface area contributed by atoms with E-state index in [1.807, 2.05) is 40.9 Å². The van der Waals surface area contributed by atoms with Crippen molar-refractivity contribution in [2.45, 2.75) is 20.3 Å². The molecule has 2 aromatic heterocycles. The van der Waals surface area contributed by atoms with Gasteiger partial charge in [-0.3, -0.25) is 4.79 Å². The molecule has 0 saturated carbocycles. The van der Waals surface area contributed by atoms with Crippen molar-refractivity contribution >= 4 is 23.1 Å². The van der Waals surface area contributed by atoms with Crippen LogP contribution in [0.5, 0.6) is 0 Å². The van der Waals surface area contributed by atoms with Crippen LogP contribution in [0.1, 0.15) is 20.3 Å². The molecule has 0 aliphatic heterocycles. The predicted molar refractivity (Wildman–Crippen MR) is 91.5 cm³/mol. The Kier molecular flexibility index (Phi) is 4.23. The highest BCUT2D eigenvalue weighted by Gasteiger charge is 2.09. The third-order valence-corrected chi connectivity index (χ3v) is 3.40. The molecular weight excluding hydrogens is 290 g/mol. The largest absolute Gasteiger partial charge is 0.369 e. The van der Waals surface area contributed by atoms with Gasteiger partial charge >= 0.3 is 0 Å². The fraction of sp³-hybridized carbons (Fsp3) is 0.235. The first-order chi connectivity index (χ1) is 11.2. The maximum absolute atomic E-state index is 11.2. The summed E-state index contributed by atoms with van der Waals surface area (Å²) in [4.78, 5) is 15.6. The lowest BCUT2D eigenvalue weighted by Crippen LogP contribution is -2.06. The second kappa shape index (κ2) is 6.48. The molecule has 6 heteroatoms. The van der Waals surface area contributed by atoms with Gasteiger partial charge in [0.1, 0.15) is 5.82 Å². The average Bonchev–Trinajstić information content (AvgIpc) is 2.95. The fourth-order valence-corrected chi connectivity index (χ4v) is 2.38. The standard InChI is InChI=1S/C17H19N5O/c1-3-9-18-16-7-8-17-19-11-15(22(17)21-16)13-5-4-6-14(10-13)20-12(2)23/h4-8,10-11H,3,9H2,1-2H3,(H,18,21)(H,20,23). The van der Waals surface area contributed by atoms with Gasteiger partial charge in [-0.15, -0.1) is 5.10 Å². The molecular formula is C17H19N5O. The molecule has 1 amide bonds. The Morgan fingerprint density at radius 1 is 1.26 bits per heavy atom. The molecule has 0 saturated heterocycles. The molecule has 0 radical (unpaired) electrons. The Labute approximate surface area is 134 Å². The third-order valence-electron chi connectivity index (χ3n) is 3.40. The first kappa shape index (κ1) is 15.0. The second-order valence-corrected chi connectivity index (χ2v) is 5.32. The number of carbonyl (C=O) groups is 1. The molecule has 0 bridgehead atoms. The van der Waals surface area contributed by atoms with Gasteiger partial charge in [-0.1, -0.05) is 19.1 Å². The topological polar surface area (TPSA) is 71.3 Å². The summed E-state index contributed by atoms with van der Waals surface area (Å²) in [6.45, 7) is 4.48. The normalized spacial score (nSPS) is 10.7. The smallest absolute Gasteiger partial charge is 0.221 e. The van der Waals surface area contributed by atoms with Crippen LogP contribution in [0, 0.1) is 0 Å². The van der Waals surface area contributed by atoms with E-state index in [4.69, 9.17) is 0 Å². The van der Waals surface area contributed by atoms with Crippen LogP contribution in [0.4, 0.5) is 11.5 Å². The fourth-order valence-electron chi connectivity index (χ4n) is 2.38. The number of rotatable bonds is 5. The highest BCUT2D eigenvalue weighted by molar-refractivity contribution is 5.89. The SMILES string of the molecule is CCCNc1ccc2ncc(-c3cccc(NC(C)=O)c3)n2n1. The van der Waals surface area contributed by atoms with E-state index in [-0.39, 0.29) is 5.91 Å². The number of nitrogens with one attached hydrogen (secondary N) is 2. The number of nitrogens with zero attached hydrogens (tertiary/aromatic N) is 3. The lowest BCUT2D eigenvalue weighted by atomic mass is 10.1. The summed E-state index contributed by atoms with van der Waals surface area (Å²) in [6.07, 6.45) is 2.83. The summed E-state index contributed by atoms with van der Waals surface area (Å²) >= 11 is 0. The minimum absolute atomic E-state index is 0.0931. The molecule has 2 heterocycles. The van der Waals surface area contributed by atoms with E-state index >= 15 is 0 Å². The number of amides is 1. The zero-order valence-electron chi connectivity index (χ0n) is 13.2. The summed E-state index contributed by atoms with van der Waals surface area (Å²) < 4.78 is 1.81. The van der Waals surface area contributed by atoms with Crippen LogP contribution < -0.4 is 10.6 Å². The number of imidazole rings is 1. The monoisotopic (exact) mass is 309 g/mol. The first-order valence-corrected chi connectivity index (χ1v) is 7.64. The summed E-state index contributed by atoms with van der Waals surface area (Å²) in [5, 5.41) is 10.7. The van der Waals surface area contributed by atoms with Crippen LogP contribution in [-0.4, -0.2) is 27.0 Å². The number of aromatic nitrogens is 3. The Morgan fingerprint density at radius 2 is 2.13 bits per heavy atom. The molecule has 3 rings (SSSR count). The number of anilines is 2. The van der Waals surface area contributed by atoms with Crippen LogP contribution in [0.15, 0.2) is 42.6 Å². The van der Waals surface area contributed by atoms with Crippen LogP contribution in [0.3, 0.4) is 0 Å². The maximum atomic E-state index is 11.2. The van der Waals surface area contributed by atoms with Crippen LogP contribution in [0.25, 0.3) is 16.9 Å². The second-order valence-electron chi connectivity index (χ2n) is 5.32. The van der Waals surface area contributed by atoms with Crippen LogP contribution >= 0.6 is 0 Å². The van der Waals surface area contributed by atoms with Crippen molar-refractivity contribution in [1.29, 1.82) is 0 Å². The quantitative estimate of drug-likeness (QED) is 0.759. The van der Waals surface area contributed by atoms with E-state index in [1.54, 1.807) is 6.20 Å². The van der Waals surface area contributed by atoms with Crippen molar-refractivity contribution in [3.05, 3.63) is 42.6 Å². The molecule has 23 heavy (non-hydrogen) atoms. The molecule has 1 aromatic carbocycles. The predicted octanol–water partition coefficient (Wildman–Crippen LogP) is 3.18. The average molecular weight is 309 g/mol. The minimum atomic E-state index is -0.0931. The molecule has 118 valence electrons. The number of fused-ring (bicyclic) bond motifs is 1. The molecule has 0 atom stereocenters. The van der Waals surface area contributed by atoms with Crippen molar-refractivity contribution in [2.24, 2.45) is 0 Å². The molecule has 2 N–H and O–H groups in total. The summed E-state index contributed by atoms with van der Waals surface area (Å²) in [5.41, 5.74) is 3.37. The molecule has 0 spiro atoms. The third kappa shape index (κ3) is 3.31. The Bertz CT molecular complexity index is 840. The number of hydrogen-bond donors (Lipinski definition) is 2. The van der Waals surface area contributed by atoms with Crippen molar-refractivity contribution < 1.29 is 4.79 Å². The van der Waals surface area contributed by atoms with E-state index in [1.165, 1.54) is 6.92 Å². The van der Waals surface area contributed by atoms with Gasteiger partial charge in [-0.25, -0.2) is 9.50 Å². The van der Waals surface area contributed by atoms with Crippen LogP contribution in [-0.2, 0) is 4.79 Å². The lowest BCUT2D eigenvalue weighted by Gasteiger charge is -2.07. The van der Waals surface area contributed by atoms with Gasteiger partial charge in [0, 0.05) is 24.7 Å². The molecule has 0 unspecified atom stereocenters. The van der Waals surface area contributed by atoms with Crippen molar-refractivity contribution in [2.75, 3.05) is 17.2 Å². The number of carbonyl (C=O) groups excluding carboxylic acids is 1. The lowest BCUT2D eigenvalue weighted by molar-refractivity contribution is -0.114. The molecule has 6 nitrogen and oxygen atoms in total. The van der Waals surface area contributed by atoms with E-state index < -0.39 is 0 Å². The van der Waals surface area contributed by atoms with Crippen molar-refractivity contribution in [3.8, 4) is 11.3 Å². The molecule has 0 fully saturated rings. The number of hydrogen-bond acceptors (Lipinski definition) is 4. The minimum Gasteiger partial charge on any atom is -0.369 e. The Morgan fingerprint density at radius 3 is 2.91 bits per heavy atom. The van der Waals surface area contributed by atoms with E-state index in [0.717, 1.165) is 41.4 Å².